The molecule has 0 spiro atoms. The van der Waals surface area contributed by atoms with Crippen LogP contribution in [0.25, 0.3) is 0 Å². The van der Waals surface area contributed by atoms with Gasteiger partial charge >= 0.3 is 0 Å². The van der Waals surface area contributed by atoms with Gasteiger partial charge in [-0.2, -0.15) is 0 Å². The van der Waals surface area contributed by atoms with Crippen molar-refractivity contribution in [1.82, 2.24) is 0 Å². The summed E-state index contributed by atoms with van der Waals surface area (Å²) in [4.78, 5) is 24.6. The summed E-state index contributed by atoms with van der Waals surface area (Å²) < 4.78 is 0. The van der Waals surface area contributed by atoms with E-state index < -0.39 is 5.91 Å². The van der Waals surface area contributed by atoms with Crippen molar-refractivity contribution < 1.29 is 9.59 Å². The molecule has 72 valence electrons. The van der Waals surface area contributed by atoms with Crippen LogP contribution < -0.4 is 4.90 Å². The van der Waals surface area contributed by atoms with Crippen molar-refractivity contribution in [3.05, 3.63) is 29.8 Å². The topological polar surface area (TPSA) is 37.4 Å². The molecule has 1 heterocycles. The van der Waals surface area contributed by atoms with Gasteiger partial charge in [-0.25, -0.2) is 0 Å². The van der Waals surface area contributed by atoms with E-state index in [1.165, 1.54) is 0 Å². The highest BCUT2D eigenvalue weighted by Gasteiger charge is 2.34. The molecule has 1 amide bonds. The highest BCUT2D eigenvalue weighted by atomic mass is 16.2. The van der Waals surface area contributed by atoms with Gasteiger partial charge in [0.05, 0.1) is 11.3 Å². The van der Waals surface area contributed by atoms with Gasteiger partial charge in [-0.05, 0) is 18.6 Å². The lowest BCUT2D eigenvalue weighted by molar-refractivity contribution is -0.114. The number of ketones is 1. The quantitative estimate of drug-likeness (QED) is 0.663. The van der Waals surface area contributed by atoms with Gasteiger partial charge < -0.3 is 4.90 Å². The largest absolute Gasteiger partial charge is 0.305 e. The van der Waals surface area contributed by atoms with E-state index in [1.54, 1.807) is 17.0 Å². The third kappa shape index (κ3) is 1.13. The molecule has 0 aromatic heterocycles. The Balaban J connectivity index is 2.48. The number of amides is 1. The standard InChI is InChI=1S/C11H11NO2/c1-2-7-12-9-6-4-3-5-8(9)10(13)11(12)14/h3-6H,2,7H2,1H3. The monoisotopic (exact) mass is 189 g/mol. The molecule has 0 atom stereocenters. The van der Waals surface area contributed by atoms with Crippen molar-refractivity contribution >= 4 is 17.4 Å². The molecule has 0 aliphatic carbocycles. The van der Waals surface area contributed by atoms with Gasteiger partial charge in [0.2, 0.25) is 0 Å². The van der Waals surface area contributed by atoms with Gasteiger partial charge in [0.1, 0.15) is 0 Å². The minimum atomic E-state index is -0.395. The lowest BCUT2D eigenvalue weighted by Crippen LogP contribution is -2.30. The van der Waals surface area contributed by atoms with Crippen molar-refractivity contribution in [1.29, 1.82) is 0 Å². The molecule has 0 N–H and O–H groups in total. The maximum absolute atomic E-state index is 11.5. The van der Waals surface area contributed by atoms with E-state index in [1.807, 2.05) is 19.1 Å². The molecular formula is C11H11NO2. The van der Waals surface area contributed by atoms with Crippen LogP contribution >= 0.6 is 0 Å². The van der Waals surface area contributed by atoms with Gasteiger partial charge in [0.15, 0.2) is 0 Å². The summed E-state index contributed by atoms with van der Waals surface area (Å²) in [5, 5.41) is 0. The molecule has 0 bridgehead atoms. The van der Waals surface area contributed by atoms with E-state index in [2.05, 4.69) is 0 Å². The summed E-state index contributed by atoms with van der Waals surface area (Å²) in [6.45, 7) is 2.60. The first-order valence-electron chi connectivity index (χ1n) is 4.71. The van der Waals surface area contributed by atoms with Crippen LogP contribution in [0.5, 0.6) is 0 Å². The van der Waals surface area contributed by atoms with Crippen LogP contribution in [-0.4, -0.2) is 18.2 Å². The van der Waals surface area contributed by atoms with E-state index in [-0.39, 0.29) is 5.78 Å². The lowest BCUT2D eigenvalue weighted by atomic mass is 10.1. The SMILES string of the molecule is CCCN1C(=O)C(=O)c2ccccc21. The van der Waals surface area contributed by atoms with Crippen LogP contribution in [0.2, 0.25) is 0 Å². The third-order valence-corrected chi connectivity index (χ3v) is 2.33. The lowest BCUT2D eigenvalue weighted by Gasteiger charge is -2.14. The number of carbonyl (C=O) groups is 2. The molecule has 1 aliphatic heterocycles. The van der Waals surface area contributed by atoms with Crippen LogP contribution in [0.15, 0.2) is 24.3 Å². The molecule has 1 aliphatic rings. The number of nitrogens with zero attached hydrogens (tertiary/aromatic N) is 1. The third-order valence-electron chi connectivity index (χ3n) is 2.33. The Kier molecular flexibility index (Phi) is 2.08. The number of Topliss-reactive ketones (excluding diaryl/α,β-unsaturated/α-hetero) is 1. The molecule has 0 saturated carbocycles. The number of fused-ring (bicyclic) bond motifs is 1. The highest BCUT2D eigenvalue weighted by molar-refractivity contribution is 6.52. The molecule has 0 radical (unpaired) electrons. The van der Waals surface area contributed by atoms with E-state index in [0.717, 1.165) is 12.1 Å². The first-order valence-corrected chi connectivity index (χ1v) is 4.71. The number of hydrogen-bond acceptors (Lipinski definition) is 2. The second-order valence-corrected chi connectivity index (χ2v) is 3.30. The molecule has 2 rings (SSSR count). The van der Waals surface area contributed by atoms with Crippen molar-refractivity contribution in [3.63, 3.8) is 0 Å². The fraction of sp³-hybridized carbons (Fsp3) is 0.273. The smallest absolute Gasteiger partial charge is 0.299 e. The molecule has 0 fully saturated rings. The summed E-state index contributed by atoms with van der Waals surface area (Å²) in [6, 6.07) is 7.13. The van der Waals surface area contributed by atoms with Crippen LogP contribution in [0.4, 0.5) is 5.69 Å². The van der Waals surface area contributed by atoms with E-state index in [9.17, 15) is 9.59 Å². The predicted octanol–water partition coefficient (Wildman–Crippen LogP) is 1.63. The summed E-state index contributed by atoms with van der Waals surface area (Å²) in [6.07, 6.45) is 0.855. The molecule has 14 heavy (non-hydrogen) atoms. The van der Waals surface area contributed by atoms with Crippen molar-refractivity contribution in [3.8, 4) is 0 Å². The Morgan fingerprint density at radius 1 is 1.21 bits per heavy atom. The number of carbonyl (C=O) groups excluding carboxylic acids is 2. The van der Waals surface area contributed by atoms with Crippen molar-refractivity contribution in [2.75, 3.05) is 11.4 Å². The zero-order chi connectivity index (χ0) is 10.1. The Bertz CT molecular complexity index is 398. The van der Waals surface area contributed by atoms with Crippen LogP contribution in [0.3, 0.4) is 0 Å². The molecule has 0 unspecified atom stereocenters. The fourth-order valence-corrected chi connectivity index (χ4v) is 1.69. The highest BCUT2D eigenvalue weighted by Crippen LogP contribution is 2.28. The molecular weight excluding hydrogens is 178 g/mol. The summed E-state index contributed by atoms with van der Waals surface area (Å²) in [5.41, 5.74) is 1.29. The summed E-state index contributed by atoms with van der Waals surface area (Å²) in [5.74, 6) is -0.776. The zero-order valence-corrected chi connectivity index (χ0v) is 7.99. The fourth-order valence-electron chi connectivity index (χ4n) is 1.69. The average Bonchev–Trinajstić information content (AvgIpc) is 2.45. The number of hydrogen-bond donors (Lipinski definition) is 0. The number of rotatable bonds is 2. The first kappa shape index (κ1) is 8.94. The van der Waals surface area contributed by atoms with Gasteiger partial charge in [-0.15, -0.1) is 0 Å². The van der Waals surface area contributed by atoms with E-state index >= 15 is 0 Å². The van der Waals surface area contributed by atoms with E-state index in [0.29, 0.717) is 12.1 Å². The normalized spacial score (nSPS) is 14.8. The first-order chi connectivity index (χ1) is 6.75. The molecule has 3 heteroatoms. The Labute approximate surface area is 82.3 Å². The number of benzene rings is 1. The maximum atomic E-state index is 11.5. The second-order valence-electron chi connectivity index (χ2n) is 3.30. The summed E-state index contributed by atoms with van der Waals surface area (Å²) in [7, 11) is 0. The van der Waals surface area contributed by atoms with Crippen LogP contribution in [0.1, 0.15) is 23.7 Å². The molecule has 0 saturated heterocycles. The minimum absolute atomic E-state index is 0.381. The zero-order valence-electron chi connectivity index (χ0n) is 7.99. The van der Waals surface area contributed by atoms with Crippen molar-refractivity contribution in [2.45, 2.75) is 13.3 Å². The number of anilines is 1. The van der Waals surface area contributed by atoms with Crippen LogP contribution in [0, 0.1) is 0 Å². The van der Waals surface area contributed by atoms with Gasteiger partial charge in [0.25, 0.3) is 11.7 Å². The number of para-hydroxylation sites is 1. The molecule has 3 nitrogen and oxygen atoms in total. The van der Waals surface area contributed by atoms with Gasteiger partial charge in [-0.3, -0.25) is 9.59 Å². The average molecular weight is 189 g/mol. The Morgan fingerprint density at radius 2 is 1.93 bits per heavy atom. The van der Waals surface area contributed by atoms with Gasteiger partial charge in [-0.1, -0.05) is 19.1 Å². The molecule has 1 aromatic carbocycles. The van der Waals surface area contributed by atoms with Crippen LogP contribution in [-0.2, 0) is 4.79 Å². The predicted molar refractivity (Wildman–Crippen MR) is 53.4 cm³/mol. The molecule has 1 aromatic rings. The van der Waals surface area contributed by atoms with Crippen molar-refractivity contribution in [2.24, 2.45) is 0 Å². The minimum Gasteiger partial charge on any atom is -0.305 e. The Morgan fingerprint density at radius 3 is 2.64 bits per heavy atom. The summed E-state index contributed by atoms with van der Waals surface area (Å²) >= 11 is 0. The second kappa shape index (κ2) is 3.25. The maximum Gasteiger partial charge on any atom is 0.299 e. The Hall–Kier alpha value is -1.64. The van der Waals surface area contributed by atoms with Gasteiger partial charge in [0, 0.05) is 6.54 Å². The van der Waals surface area contributed by atoms with E-state index in [4.69, 9.17) is 0 Å².